The fourth-order valence-electron chi connectivity index (χ4n) is 3.81. The zero-order valence-corrected chi connectivity index (χ0v) is 14.2. The molecule has 1 aliphatic rings. The zero-order chi connectivity index (χ0) is 16.4. The molecule has 0 aliphatic carbocycles. The number of hydrogen-bond acceptors (Lipinski definition) is 2. The van der Waals surface area contributed by atoms with Crippen molar-refractivity contribution >= 4 is 10.9 Å². The fourth-order valence-corrected chi connectivity index (χ4v) is 3.81. The van der Waals surface area contributed by atoms with Gasteiger partial charge in [-0.25, -0.2) is 0 Å². The van der Waals surface area contributed by atoms with Crippen LogP contribution in [0.25, 0.3) is 10.9 Å². The first kappa shape index (κ1) is 15.3. The summed E-state index contributed by atoms with van der Waals surface area (Å²) in [5, 5.41) is 1.31. The van der Waals surface area contributed by atoms with Crippen LogP contribution >= 0.6 is 0 Å². The molecule has 0 bridgehead atoms. The van der Waals surface area contributed by atoms with Crippen LogP contribution in [0.4, 0.5) is 0 Å². The minimum Gasteiger partial charge on any atom is -0.497 e. The normalized spacial score (nSPS) is 18.8. The molecular weight excluding hydrogens is 296 g/mol. The number of H-pyrrole nitrogens is 1. The van der Waals surface area contributed by atoms with E-state index >= 15 is 0 Å². The summed E-state index contributed by atoms with van der Waals surface area (Å²) < 4.78 is 5.37. The molecule has 1 unspecified atom stereocenters. The van der Waals surface area contributed by atoms with Gasteiger partial charge in [0.2, 0.25) is 0 Å². The molecular formula is C21H24N2O. The number of likely N-dealkylation sites (tertiary alicyclic amines) is 1. The summed E-state index contributed by atoms with van der Waals surface area (Å²) in [5.41, 5.74) is 3.90. The van der Waals surface area contributed by atoms with E-state index < -0.39 is 0 Å². The van der Waals surface area contributed by atoms with E-state index in [-0.39, 0.29) is 0 Å². The molecule has 124 valence electrons. The van der Waals surface area contributed by atoms with E-state index in [0.717, 1.165) is 18.8 Å². The molecule has 1 N–H and O–H groups in total. The van der Waals surface area contributed by atoms with Gasteiger partial charge in [0.25, 0.3) is 0 Å². The smallest absolute Gasteiger partial charge is 0.119 e. The molecule has 0 amide bonds. The van der Waals surface area contributed by atoms with Crippen LogP contribution in [0, 0.1) is 0 Å². The third-order valence-electron chi connectivity index (χ3n) is 5.04. The SMILES string of the molecule is COc1cccc(CN2CCCCC2c2cc3ccccc3[nH]2)c1. The second-order valence-electron chi connectivity index (χ2n) is 6.65. The van der Waals surface area contributed by atoms with Crippen LogP contribution in [0.3, 0.4) is 0 Å². The molecule has 3 heteroatoms. The second kappa shape index (κ2) is 6.70. The minimum atomic E-state index is 0.470. The molecule has 24 heavy (non-hydrogen) atoms. The van der Waals surface area contributed by atoms with Crippen molar-refractivity contribution < 1.29 is 4.74 Å². The lowest BCUT2D eigenvalue weighted by Crippen LogP contribution is -2.33. The van der Waals surface area contributed by atoms with Crippen LogP contribution in [0.5, 0.6) is 5.75 Å². The van der Waals surface area contributed by atoms with E-state index in [4.69, 9.17) is 4.74 Å². The van der Waals surface area contributed by atoms with Gasteiger partial charge >= 0.3 is 0 Å². The summed E-state index contributed by atoms with van der Waals surface area (Å²) in [4.78, 5) is 6.24. The highest BCUT2D eigenvalue weighted by molar-refractivity contribution is 5.80. The van der Waals surface area contributed by atoms with E-state index in [1.165, 1.54) is 41.4 Å². The van der Waals surface area contributed by atoms with Gasteiger partial charge in [0.15, 0.2) is 0 Å². The van der Waals surface area contributed by atoms with Gasteiger partial charge in [0.05, 0.1) is 13.2 Å². The van der Waals surface area contributed by atoms with Crippen LogP contribution < -0.4 is 4.74 Å². The topological polar surface area (TPSA) is 28.3 Å². The maximum atomic E-state index is 5.37. The van der Waals surface area contributed by atoms with Gasteiger partial charge in [-0.2, -0.15) is 0 Å². The number of hydrogen-bond donors (Lipinski definition) is 1. The van der Waals surface area contributed by atoms with Crippen molar-refractivity contribution in [1.82, 2.24) is 9.88 Å². The van der Waals surface area contributed by atoms with Crippen LogP contribution in [-0.4, -0.2) is 23.5 Å². The van der Waals surface area contributed by atoms with Gasteiger partial charge in [-0.3, -0.25) is 4.90 Å². The highest BCUT2D eigenvalue weighted by Gasteiger charge is 2.25. The van der Waals surface area contributed by atoms with Gasteiger partial charge in [0, 0.05) is 17.8 Å². The molecule has 0 spiro atoms. The summed E-state index contributed by atoms with van der Waals surface area (Å²) in [6.45, 7) is 2.12. The molecule has 3 nitrogen and oxygen atoms in total. The Kier molecular flexibility index (Phi) is 4.26. The van der Waals surface area contributed by atoms with E-state index in [9.17, 15) is 0 Å². The number of rotatable bonds is 4. The maximum Gasteiger partial charge on any atom is 0.119 e. The predicted molar refractivity (Wildman–Crippen MR) is 98.3 cm³/mol. The van der Waals surface area contributed by atoms with E-state index in [1.807, 2.05) is 6.07 Å². The van der Waals surface area contributed by atoms with Crippen molar-refractivity contribution in [1.29, 1.82) is 0 Å². The first-order valence-corrected chi connectivity index (χ1v) is 8.78. The molecule has 1 aliphatic heterocycles. The van der Waals surface area contributed by atoms with Crippen LogP contribution in [0.1, 0.15) is 36.6 Å². The van der Waals surface area contributed by atoms with Gasteiger partial charge in [-0.1, -0.05) is 36.8 Å². The molecule has 3 aromatic rings. The van der Waals surface area contributed by atoms with Crippen LogP contribution in [-0.2, 0) is 6.54 Å². The first-order chi connectivity index (χ1) is 11.8. The Morgan fingerprint density at radius 3 is 2.88 bits per heavy atom. The lowest BCUT2D eigenvalue weighted by Gasteiger charge is -2.35. The Hall–Kier alpha value is -2.26. The molecule has 1 aromatic heterocycles. The minimum absolute atomic E-state index is 0.470. The lowest BCUT2D eigenvalue weighted by atomic mass is 9.98. The van der Waals surface area contributed by atoms with E-state index in [1.54, 1.807) is 7.11 Å². The van der Waals surface area contributed by atoms with E-state index in [0.29, 0.717) is 6.04 Å². The number of nitrogens with one attached hydrogen (secondary N) is 1. The summed E-state index contributed by atoms with van der Waals surface area (Å²) >= 11 is 0. The number of benzene rings is 2. The largest absolute Gasteiger partial charge is 0.497 e. The Bertz CT molecular complexity index is 790. The standard InChI is InChI=1S/C21H24N2O/c1-24-18-9-6-7-16(13-18)15-23-12-5-4-11-21(23)20-14-17-8-2-3-10-19(17)22-20/h2-3,6-10,13-14,21-22H,4-5,11-12,15H2,1H3. The second-order valence-corrected chi connectivity index (χ2v) is 6.65. The zero-order valence-electron chi connectivity index (χ0n) is 14.2. The van der Waals surface area contributed by atoms with Crippen LogP contribution in [0.15, 0.2) is 54.6 Å². The highest BCUT2D eigenvalue weighted by atomic mass is 16.5. The van der Waals surface area contributed by atoms with Gasteiger partial charge in [-0.15, -0.1) is 0 Å². The average Bonchev–Trinajstić information content (AvgIpc) is 3.06. The molecule has 1 fully saturated rings. The highest BCUT2D eigenvalue weighted by Crippen LogP contribution is 2.33. The number of aromatic nitrogens is 1. The van der Waals surface area contributed by atoms with Gasteiger partial charge < -0.3 is 9.72 Å². The number of aromatic amines is 1. The molecule has 0 saturated carbocycles. The molecule has 4 rings (SSSR count). The quantitative estimate of drug-likeness (QED) is 0.740. The number of ether oxygens (including phenoxy) is 1. The predicted octanol–water partition coefficient (Wildman–Crippen LogP) is 4.90. The molecule has 1 atom stereocenters. The first-order valence-electron chi connectivity index (χ1n) is 8.78. The summed E-state index contributed by atoms with van der Waals surface area (Å²) in [7, 11) is 1.73. The molecule has 0 radical (unpaired) electrons. The molecule has 2 aromatic carbocycles. The molecule has 1 saturated heterocycles. The van der Waals surface area contributed by atoms with Gasteiger partial charge in [-0.05, 0) is 54.6 Å². The fraction of sp³-hybridized carbons (Fsp3) is 0.333. The van der Waals surface area contributed by atoms with Crippen molar-refractivity contribution in [3.05, 3.63) is 65.9 Å². The Balaban J connectivity index is 1.60. The van der Waals surface area contributed by atoms with Crippen molar-refractivity contribution in [3.8, 4) is 5.75 Å². The summed E-state index contributed by atoms with van der Waals surface area (Å²) in [6, 6.07) is 19.8. The van der Waals surface area contributed by atoms with Crippen molar-refractivity contribution in [2.75, 3.05) is 13.7 Å². The monoisotopic (exact) mass is 320 g/mol. The third kappa shape index (κ3) is 3.04. The lowest BCUT2D eigenvalue weighted by molar-refractivity contribution is 0.138. The number of fused-ring (bicyclic) bond motifs is 1. The third-order valence-corrected chi connectivity index (χ3v) is 5.04. The summed E-state index contributed by atoms with van der Waals surface area (Å²) in [6.07, 6.45) is 3.80. The summed E-state index contributed by atoms with van der Waals surface area (Å²) in [5.74, 6) is 0.937. The Labute approximate surface area is 143 Å². The van der Waals surface area contributed by atoms with Crippen molar-refractivity contribution in [3.63, 3.8) is 0 Å². The van der Waals surface area contributed by atoms with E-state index in [2.05, 4.69) is 58.4 Å². The van der Waals surface area contributed by atoms with Crippen molar-refractivity contribution in [2.45, 2.75) is 31.8 Å². The van der Waals surface area contributed by atoms with Crippen LogP contribution in [0.2, 0.25) is 0 Å². The Morgan fingerprint density at radius 1 is 1.08 bits per heavy atom. The maximum absolute atomic E-state index is 5.37. The number of methoxy groups -OCH3 is 1. The number of nitrogens with zero attached hydrogens (tertiary/aromatic N) is 1. The van der Waals surface area contributed by atoms with Crippen molar-refractivity contribution in [2.24, 2.45) is 0 Å². The molecule has 2 heterocycles. The van der Waals surface area contributed by atoms with Gasteiger partial charge in [0.1, 0.15) is 5.75 Å². The Morgan fingerprint density at radius 2 is 2.00 bits per heavy atom. The average molecular weight is 320 g/mol. The number of piperidine rings is 1. The number of para-hydroxylation sites is 1.